The fraction of sp³-hybridized carbons (Fsp3) is 0. The van der Waals surface area contributed by atoms with Crippen LogP contribution in [0.5, 0.6) is 0 Å². The summed E-state index contributed by atoms with van der Waals surface area (Å²) in [4.78, 5) is 14.6. The molecule has 2 heterocycles. The number of hydrogen-bond donors (Lipinski definition) is 1. The van der Waals surface area contributed by atoms with Gasteiger partial charge in [-0.2, -0.15) is 0 Å². The number of rotatable bonds is 3. The number of thiazole rings is 1. The summed E-state index contributed by atoms with van der Waals surface area (Å²) in [6.45, 7) is 0. The van der Waals surface area contributed by atoms with Crippen LogP contribution in [0.4, 0.5) is 8.78 Å². The van der Waals surface area contributed by atoms with E-state index in [-0.39, 0.29) is 11.3 Å². The topological polar surface area (TPSA) is 95.0 Å². The Kier molecular flexibility index (Phi) is 4.03. The molecule has 0 aliphatic rings. The Morgan fingerprint density at radius 3 is 2.58 bits per heavy atom. The lowest BCUT2D eigenvalue weighted by Gasteiger charge is -2.10. The zero-order valence-electron chi connectivity index (χ0n) is 11.8. The molecular formula is C14H9F2N3O3S2. The van der Waals surface area contributed by atoms with E-state index in [9.17, 15) is 22.0 Å². The van der Waals surface area contributed by atoms with Crippen molar-refractivity contribution >= 4 is 21.4 Å². The van der Waals surface area contributed by atoms with E-state index in [4.69, 9.17) is 5.14 Å². The molecule has 0 radical (unpaired) electrons. The maximum absolute atomic E-state index is 14.3. The second-order valence-corrected chi connectivity index (χ2v) is 7.09. The molecule has 10 heteroatoms. The number of sulfonamides is 1. The van der Waals surface area contributed by atoms with Gasteiger partial charge >= 0.3 is 4.87 Å². The van der Waals surface area contributed by atoms with Gasteiger partial charge in [-0.3, -0.25) is 14.3 Å². The van der Waals surface area contributed by atoms with Gasteiger partial charge in [0.1, 0.15) is 16.5 Å². The van der Waals surface area contributed by atoms with Crippen molar-refractivity contribution < 1.29 is 17.2 Å². The van der Waals surface area contributed by atoms with Crippen LogP contribution in [0.25, 0.3) is 16.9 Å². The van der Waals surface area contributed by atoms with E-state index in [0.29, 0.717) is 17.8 Å². The first-order chi connectivity index (χ1) is 11.3. The van der Waals surface area contributed by atoms with E-state index in [1.807, 2.05) is 0 Å². The third-order valence-electron chi connectivity index (χ3n) is 3.20. The number of primary sulfonamides is 1. The summed E-state index contributed by atoms with van der Waals surface area (Å²) in [6, 6.07) is 4.36. The fourth-order valence-electron chi connectivity index (χ4n) is 2.17. The summed E-state index contributed by atoms with van der Waals surface area (Å²) in [5, 5.41) is 6.20. The summed E-state index contributed by atoms with van der Waals surface area (Å²) in [5.41, 5.74) is 0.187. The molecule has 0 unspecified atom stereocenters. The molecule has 0 spiro atoms. The molecule has 0 amide bonds. The minimum absolute atomic E-state index is 0.0790. The van der Waals surface area contributed by atoms with Crippen molar-refractivity contribution in [2.45, 2.75) is 4.90 Å². The molecule has 0 saturated heterocycles. The summed E-state index contributed by atoms with van der Waals surface area (Å²) in [6.07, 6.45) is 2.90. The average Bonchev–Trinajstić information content (AvgIpc) is 2.90. The predicted molar refractivity (Wildman–Crippen MR) is 84.4 cm³/mol. The summed E-state index contributed by atoms with van der Waals surface area (Å²) >= 11 is 0.793. The van der Waals surface area contributed by atoms with Crippen LogP contribution in [0.3, 0.4) is 0 Å². The fourth-order valence-corrected chi connectivity index (χ4v) is 3.52. The average molecular weight is 369 g/mol. The van der Waals surface area contributed by atoms with Crippen molar-refractivity contribution in [3.05, 3.63) is 63.3 Å². The zero-order valence-corrected chi connectivity index (χ0v) is 13.4. The van der Waals surface area contributed by atoms with Crippen LogP contribution in [0, 0.1) is 11.6 Å². The van der Waals surface area contributed by atoms with Crippen LogP contribution in [-0.4, -0.2) is 18.0 Å². The van der Waals surface area contributed by atoms with Gasteiger partial charge in [0, 0.05) is 17.1 Å². The van der Waals surface area contributed by atoms with Crippen LogP contribution < -0.4 is 10.0 Å². The number of pyridine rings is 1. The van der Waals surface area contributed by atoms with Crippen molar-refractivity contribution in [1.29, 1.82) is 0 Å². The Morgan fingerprint density at radius 2 is 1.96 bits per heavy atom. The maximum atomic E-state index is 14.3. The van der Waals surface area contributed by atoms with Crippen LogP contribution in [0.15, 0.2) is 51.7 Å². The molecular weight excluding hydrogens is 360 g/mol. The van der Waals surface area contributed by atoms with Gasteiger partial charge < -0.3 is 0 Å². The number of nitrogens with zero attached hydrogens (tertiary/aromatic N) is 2. The van der Waals surface area contributed by atoms with Gasteiger partial charge in [-0.15, -0.1) is 0 Å². The Labute approximate surface area is 138 Å². The van der Waals surface area contributed by atoms with E-state index in [1.54, 1.807) is 12.1 Å². The molecule has 0 atom stereocenters. The van der Waals surface area contributed by atoms with Gasteiger partial charge in [-0.1, -0.05) is 11.3 Å². The first-order valence-corrected chi connectivity index (χ1v) is 8.85. The molecule has 0 aliphatic heterocycles. The minimum atomic E-state index is -4.40. The van der Waals surface area contributed by atoms with Crippen LogP contribution in [0.1, 0.15) is 0 Å². The summed E-state index contributed by atoms with van der Waals surface area (Å²) in [5.74, 6) is -2.22. The molecule has 3 aromatic rings. The first kappa shape index (κ1) is 16.4. The smallest absolute Gasteiger partial charge is 0.266 e. The van der Waals surface area contributed by atoms with Crippen molar-refractivity contribution in [1.82, 2.24) is 9.55 Å². The number of nitrogens with two attached hydrogens (primary N) is 1. The lowest BCUT2D eigenvalue weighted by atomic mass is 10.1. The minimum Gasteiger partial charge on any atom is -0.266 e. The highest BCUT2D eigenvalue weighted by Crippen LogP contribution is 2.29. The Balaban J connectivity index is 2.26. The van der Waals surface area contributed by atoms with Crippen molar-refractivity contribution in [2.24, 2.45) is 5.14 Å². The maximum Gasteiger partial charge on any atom is 0.312 e. The van der Waals surface area contributed by atoms with Gasteiger partial charge in [-0.05, 0) is 24.3 Å². The molecule has 1 aromatic carbocycles. The molecule has 0 bridgehead atoms. The van der Waals surface area contributed by atoms with E-state index < -0.39 is 31.4 Å². The second kappa shape index (κ2) is 5.89. The van der Waals surface area contributed by atoms with Gasteiger partial charge in [0.15, 0.2) is 0 Å². The van der Waals surface area contributed by atoms with Crippen molar-refractivity contribution in [2.75, 3.05) is 0 Å². The lowest BCUT2D eigenvalue weighted by Crippen LogP contribution is -2.15. The molecule has 0 aliphatic carbocycles. The monoisotopic (exact) mass is 369 g/mol. The van der Waals surface area contributed by atoms with E-state index >= 15 is 0 Å². The Bertz CT molecular complexity index is 1080. The van der Waals surface area contributed by atoms with Gasteiger partial charge in [0.25, 0.3) is 0 Å². The summed E-state index contributed by atoms with van der Waals surface area (Å²) < 4.78 is 52.0. The van der Waals surface area contributed by atoms with Gasteiger partial charge in [-0.25, -0.2) is 22.3 Å². The quantitative estimate of drug-likeness (QED) is 0.763. The Morgan fingerprint density at radius 1 is 1.21 bits per heavy atom. The molecule has 24 heavy (non-hydrogen) atoms. The lowest BCUT2D eigenvalue weighted by molar-refractivity contribution is 0.555. The highest BCUT2D eigenvalue weighted by atomic mass is 32.2. The first-order valence-electron chi connectivity index (χ1n) is 6.42. The standard InChI is InChI=1S/C14H9F2N3O3S2/c15-10-5-13(24(17,21)22)11(16)4-9(10)12-7-23-14(20)19(12)8-2-1-3-18-6-8/h1-7H,(H2,17,21,22). The molecule has 0 saturated carbocycles. The summed E-state index contributed by atoms with van der Waals surface area (Å²) in [7, 11) is -4.40. The zero-order chi connectivity index (χ0) is 17.5. The number of benzene rings is 1. The highest BCUT2D eigenvalue weighted by molar-refractivity contribution is 7.89. The van der Waals surface area contributed by atoms with Crippen LogP contribution in [-0.2, 0) is 10.0 Å². The highest BCUT2D eigenvalue weighted by Gasteiger charge is 2.21. The molecule has 6 nitrogen and oxygen atoms in total. The van der Waals surface area contributed by atoms with Crippen LogP contribution >= 0.6 is 11.3 Å². The molecule has 2 aromatic heterocycles. The van der Waals surface area contributed by atoms with E-state index in [2.05, 4.69) is 4.98 Å². The molecule has 3 rings (SSSR count). The van der Waals surface area contributed by atoms with Crippen LogP contribution in [0.2, 0.25) is 0 Å². The van der Waals surface area contributed by atoms with Gasteiger partial charge in [0.2, 0.25) is 10.0 Å². The third kappa shape index (κ3) is 2.86. The number of aromatic nitrogens is 2. The SMILES string of the molecule is NS(=O)(=O)c1cc(F)c(-c2csc(=O)n2-c2cccnc2)cc1F. The van der Waals surface area contributed by atoms with Crippen molar-refractivity contribution in [3.63, 3.8) is 0 Å². The number of hydrogen-bond acceptors (Lipinski definition) is 5. The molecule has 0 fully saturated rings. The Hall–Kier alpha value is -2.43. The predicted octanol–water partition coefficient (Wildman–Crippen LogP) is 1.89. The second-order valence-electron chi connectivity index (χ2n) is 4.74. The third-order valence-corrected chi connectivity index (χ3v) is 4.85. The van der Waals surface area contributed by atoms with E-state index in [0.717, 1.165) is 15.9 Å². The number of halogens is 2. The molecule has 2 N–H and O–H groups in total. The largest absolute Gasteiger partial charge is 0.312 e. The molecule has 124 valence electrons. The van der Waals surface area contributed by atoms with Gasteiger partial charge in [0.05, 0.1) is 17.6 Å². The van der Waals surface area contributed by atoms with Crippen molar-refractivity contribution in [3.8, 4) is 16.9 Å². The normalized spacial score (nSPS) is 11.6. The van der Waals surface area contributed by atoms with E-state index in [1.165, 1.54) is 17.8 Å².